The molecule has 1 aromatic carbocycles. The fourth-order valence-corrected chi connectivity index (χ4v) is 3.95. The van der Waals surface area contributed by atoms with Gasteiger partial charge in [-0.1, -0.05) is 18.2 Å². The summed E-state index contributed by atoms with van der Waals surface area (Å²) in [7, 11) is 0. The minimum atomic E-state index is -0.283. The molecular weight excluding hydrogens is 370 g/mol. The fourth-order valence-electron chi connectivity index (χ4n) is 3.95. The van der Waals surface area contributed by atoms with Gasteiger partial charge in [0.25, 0.3) is 11.8 Å². The first-order chi connectivity index (χ1) is 14.1. The van der Waals surface area contributed by atoms with Crippen LogP contribution >= 0.6 is 0 Å². The molecule has 2 aromatic rings. The highest BCUT2D eigenvalue weighted by Gasteiger charge is 2.31. The number of fused-ring (bicyclic) bond motifs is 1. The van der Waals surface area contributed by atoms with Crippen LogP contribution in [-0.4, -0.2) is 63.8 Å². The number of hydrogen-bond donors (Lipinski definition) is 1. The van der Waals surface area contributed by atoms with Gasteiger partial charge in [-0.3, -0.25) is 14.4 Å². The Labute approximate surface area is 169 Å². The Kier molecular flexibility index (Phi) is 5.33. The quantitative estimate of drug-likeness (QED) is 0.798. The van der Waals surface area contributed by atoms with Gasteiger partial charge in [0, 0.05) is 38.4 Å². The van der Waals surface area contributed by atoms with Crippen molar-refractivity contribution in [3.8, 4) is 0 Å². The zero-order chi connectivity index (χ0) is 20.4. The summed E-state index contributed by atoms with van der Waals surface area (Å²) in [6.45, 7) is 4.61. The van der Waals surface area contributed by atoms with Crippen LogP contribution in [0.15, 0.2) is 24.3 Å². The number of carbonyl (C=O) groups excluding carboxylic acids is 3. The van der Waals surface area contributed by atoms with Crippen LogP contribution in [-0.2, 0) is 17.8 Å². The van der Waals surface area contributed by atoms with Crippen molar-refractivity contribution in [2.75, 3.05) is 31.5 Å². The van der Waals surface area contributed by atoms with E-state index in [9.17, 15) is 14.4 Å². The number of amides is 3. The van der Waals surface area contributed by atoms with Crippen LogP contribution in [0.2, 0.25) is 0 Å². The van der Waals surface area contributed by atoms with E-state index < -0.39 is 0 Å². The molecule has 0 radical (unpaired) electrons. The van der Waals surface area contributed by atoms with E-state index in [4.69, 9.17) is 0 Å². The Morgan fingerprint density at radius 2 is 1.83 bits per heavy atom. The molecule has 0 aliphatic carbocycles. The van der Waals surface area contributed by atoms with Gasteiger partial charge < -0.3 is 19.7 Å². The minimum absolute atomic E-state index is 0.173. The lowest BCUT2D eigenvalue weighted by Gasteiger charge is -2.32. The highest BCUT2D eigenvalue weighted by Crippen LogP contribution is 2.24. The average molecular weight is 395 g/mol. The molecule has 0 atom stereocenters. The summed E-state index contributed by atoms with van der Waals surface area (Å²) in [5, 5.41) is 2.94. The number of anilines is 1. The van der Waals surface area contributed by atoms with E-state index >= 15 is 0 Å². The van der Waals surface area contributed by atoms with E-state index in [1.807, 2.05) is 35.8 Å². The second kappa shape index (κ2) is 8.06. The Morgan fingerprint density at radius 1 is 1.07 bits per heavy atom. The summed E-state index contributed by atoms with van der Waals surface area (Å²) in [5.74, 6) is -0.127. The van der Waals surface area contributed by atoms with Crippen molar-refractivity contribution in [3.05, 3.63) is 47.0 Å². The van der Waals surface area contributed by atoms with Gasteiger partial charge in [-0.15, -0.1) is 0 Å². The van der Waals surface area contributed by atoms with E-state index in [0.29, 0.717) is 44.2 Å². The highest BCUT2D eigenvalue weighted by atomic mass is 16.2. The Morgan fingerprint density at radius 3 is 2.55 bits per heavy atom. The average Bonchev–Trinajstić information content (AvgIpc) is 3.15. The number of benzene rings is 1. The minimum Gasteiger partial charge on any atom is -0.342 e. The first-order valence-corrected chi connectivity index (χ1v) is 10.0. The number of rotatable bonds is 4. The molecule has 1 fully saturated rings. The molecule has 1 N–H and O–H groups in total. The van der Waals surface area contributed by atoms with Crippen LogP contribution in [0.3, 0.4) is 0 Å². The van der Waals surface area contributed by atoms with Crippen LogP contribution in [0.1, 0.15) is 45.2 Å². The van der Waals surface area contributed by atoms with Crippen LogP contribution in [0, 0.1) is 6.92 Å². The van der Waals surface area contributed by atoms with Crippen molar-refractivity contribution in [1.82, 2.24) is 19.4 Å². The SMILES string of the molecule is Cc1ccccc1NC(=O)c1nc(C(=O)N2CCN(C=O)CC2)n2c1CCCC2. The van der Waals surface area contributed by atoms with Crippen molar-refractivity contribution in [2.45, 2.75) is 32.7 Å². The van der Waals surface area contributed by atoms with Crippen LogP contribution in [0.4, 0.5) is 5.69 Å². The predicted molar refractivity (Wildman–Crippen MR) is 108 cm³/mol. The normalized spacial score (nSPS) is 16.3. The fraction of sp³-hybridized carbons (Fsp3) is 0.429. The van der Waals surface area contributed by atoms with E-state index in [2.05, 4.69) is 10.3 Å². The van der Waals surface area contributed by atoms with Crippen LogP contribution in [0.5, 0.6) is 0 Å². The molecule has 8 nitrogen and oxygen atoms in total. The highest BCUT2D eigenvalue weighted by molar-refractivity contribution is 6.05. The van der Waals surface area contributed by atoms with Gasteiger partial charge in [0.15, 0.2) is 11.5 Å². The van der Waals surface area contributed by atoms with E-state index in [-0.39, 0.29) is 11.8 Å². The number of aromatic nitrogens is 2. The Hall–Kier alpha value is -3.16. The molecule has 0 bridgehead atoms. The van der Waals surface area contributed by atoms with Gasteiger partial charge in [-0.2, -0.15) is 0 Å². The van der Waals surface area contributed by atoms with Crippen LogP contribution in [0.25, 0.3) is 0 Å². The largest absolute Gasteiger partial charge is 0.342 e. The van der Waals surface area contributed by atoms with E-state index in [1.165, 1.54) is 0 Å². The van der Waals surface area contributed by atoms with Crippen molar-refractivity contribution in [3.63, 3.8) is 0 Å². The monoisotopic (exact) mass is 395 g/mol. The summed E-state index contributed by atoms with van der Waals surface area (Å²) in [6, 6.07) is 7.59. The molecule has 152 valence electrons. The first-order valence-electron chi connectivity index (χ1n) is 10.0. The third-order valence-corrected chi connectivity index (χ3v) is 5.67. The van der Waals surface area contributed by atoms with Gasteiger partial charge in [0.1, 0.15) is 0 Å². The molecule has 8 heteroatoms. The van der Waals surface area contributed by atoms with Gasteiger partial charge in [-0.25, -0.2) is 4.98 Å². The molecule has 1 saturated heterocycles. The smallest absolute Gasteiger partial charge is 0.290 e. The number of aryl methyl sites for hydroxylation is 1. The maximum absolute atomic E-state index is 13.1. The number of piperazine rings is 1. The molecule has 4 rings (SSSR count). The van der Waals surface area contributed by atoms with Crippen molar-refractivity contribution >= 4 is 23.9 Å². The second-order valence-corrected chi connectivity index (χ2v) is 7.54. The second-order valence-electron chi connectivity index (χ2n) is 7.54. The number of para-hydroxylation sites is 1. The maximum atomic E-state index is 13.1. The molecule has 0 spiro atoms. The lowest BCUT2D eigenvalue weighted by molar-refractivity contribution is -0.119. The predicted octanol–water partition coefficient (Wildman–Crippen LogP) is 1.69. The first kappa shape index (κ1) is 19.2. The Balaban J connectivity index is 1.60. The standard InChI is InChI=1S/C21H25N5O3/c1-15-6-2-3-7-16(15)22-20(28)18-17-8-4-5-9-26(17)19(23-18)21(29)25-12-10-24(14-27)11-13-25/h2-3,6-7,14H,4-5,8-13H2,1H3,(H,22,28). The number of nitrogens with one attached hydrogen (secondary N) is 1. The molecule has 2 aliphatic heterocycles. The molecular formula is C21H25N5O3. The lowest BCUT2D eigenvalue weighted by Crippen LogP contribution is -2.48. The van der Waals surface area contributed by atoms with Gasteiger partial charge >= 0.3 is 0 Å². The lowest BCUT2D eigenvalue weighted by atomic mass is 10.1. The third kappa shape index (κ3) is 3.74. The van der Waals surface area contributed by atoms with Crippen molar-refractivity contribution in [2.24, 2.45) is 0 Å². The summed E-state index contributed by atoms with van der Waals surface area (Å²) in [4.78, 5) is 44.9. The molecule has 3 heterocycles. The Bertz CT molecular complexity index is 944. The van der Waals surface area contributed by atoms with E-state index in [0.717, 1.165) is 42.6 Å². The number of nitrogens with zero attached hydrogens (tertiary/aromatic N) is 4. The van der Waals surface area contributed by atoms with Crippen molar-refractivity contribution < 1.29 is 14.4 Å². The molecule has 3 amide bonds. The summed E-state index contributed by atoms with van der Waals surface area (Å²) in [5.41, 5.74) is 2.88. The summed E-state index contributed by atoms with van der Waals surface area (Å²) >= 11 is 0. The summed E-state index contributed by atoms with van der Waals surface area (Å²) in [6.07, 6.45) is 3.48. The van der Waals surface area contributed by atoms with Gasteiger partial charge in [-0.05, 0) is 37.8 Å². The number of imidazole rings is 1. The number of hydrogen-bond acceptors (Lipinski definition) is 4. The molecule has 0 saturated carbocycles. The zero-order valence-electron chi connectivity index (χ0n) is 16.6. The molecule has 1 aromatic heterocycles. The topological polar surface area (TPSA) is 87.5 Å². The maximum Gasteiger partial charge on any atom is 0.290 e. The van der Waals surface area contributed by atoms with Gasteiger partial charge in [0.05, 0.1) is 5.69 Å². The third-order valence-electron chi connectivity index (χ3n) is 5.67. The summed E-state index contributed by atoms with van der Waals surface area (Å²) < 4.78 is 1.91. The molecule has 2 aliphatic rings. The molecule has 29 heavy (non-hydrogen) atoms. The number of carbonyl (C=O) groups is 3. The van der Waals surface area contributed by atoms with Crippen LogP contribution < -0.4 is 5.32 Å². The molecule has 0 unspecified atom stereocenters. The van der Waals surface area contributed by atoms with E-state index in [1.54, 1.807) is 9.80 Å². The zero-order valence-corrected chi connectivity index (χ0v) is 16.6. The van der Waals surface area contributed by atoms with Gasteiger partial charge in [0.2, 0.25) is 6.41 Å². The van der Waals surface area contributed by atoms with Crippen molar-refractivity contribution in [1.29, 1.82) is 0 Å².